The summed E-state index contributed by atoms with van der Waals surface area (Å²) in [6.45, 7) is 11.7. The number of nitrogens with one attached hydrogen (secondary N) is 1. The van der Waals surface area contributed by atoms with E-state index in [0.717, 1.165) is 19.0 Å². The third kappa shape index (κ3) is 4.70. The van der Waals surface area contributed by atoms with Gasteiger partial charge >= 0.3 is 0 Å². The number of nitrogens with zero attached hydrogens (tertiary/aromatic N) is 1. The van der Waals surface area contributed by atoms with Gasteiger partial charge in [0.2, 0.25) is 5.91 Å². The Balaban J connectivity index is 1.82. The fourth-order valence-corrected chi connectivity index (χ4v) is 4.00. The lowest BCUT2D eigenvalue weighted by Gasteiger charge is -2.41. The molecular formula is C18H34N2O. The molecule has 0 spiro atoms. The molecule has 2 aliphatic rings. The van der Waals surface area contributed by atoms with E-state index >= 15 is 0 Å². The molecule has 0 aromatic carbocycles. The normalized spacial score (nSPS) is 28.7. The Morgan fingerprint density at radius 3 is 2.33 bits per heavy atom. The van der Waals surface area contributed by atoms with Crippen LogP contribution < -0.4 is 5.32 Å². The highest BCUT2D eigenvalue weighted by molar-refractivity contribution is 5.78. The second kappa shape index (κ2) is 7.13. The first-order valence-corrected chi connectivity index (χ1v) is 8.89. The zero-order valence-electron chi connectivity index (χ0n) is 14.5. The van der Waals surface area contributed by atoms with Gasteiger partial charge in [0.05, 0.1) is 6.54 Å². The van der Waals surface area contributed by atoms with Gasteiger partial charge in [-0.1, -0.05) is 40.5 Å². The molecule has 0 bridgehead atoms. The molecule has 3 heteroatoms. The molecule has 21 heavy (non-hydrogen) atoms. The van der Waals surface area contributed by atoms with Crippen LogP contribution in [0, 0.1) is 17.3 Å². The Morgan fingerprint density at radius 1 is 1.10 bits per heavy atom. The standard InChI is InChI=1S/C18H34N2O/c1-14-9-11-20(12-10-14)17(21)13-19-16-8-6-5-7-15(16)18(2,3)4/h14-16,19H,5-13H2,1-4H3. The number of amides is 1. The minimum Gasteiger partial charge on any atom is -0.342 e. The van der Waals surface area contributed by atoms with Gasteiger partial charge in [-0.3, -0.25) is 4.79 Å². The Labute approximate surface area is 130 Å². The quantitative estimate of drug-likeness (QED) is 0.865. The van der Waals surface area contributed by atoms with Crippen LogP contribution in [0.5, 0.6) is 0 Å². The minimum absolute atomic E-state index is 0.306. The van der Waals surface area contributed by atoms with Crippen LogP contribution in [-0.4, -0.2) is 36.5 Å². The molecule has 2 atom stereocenters. The van der Waals surface area contributed by atoms with Gasteiger partial charge in [0.15, 0.2) is 0 Å². The number of hydrogen-bond donors (Lipinski definition) is 1. The molecule has 1 saturated heterocycles. The van der Waals surface area contributed by atoms with Crippen LogP contribution in [-0.2, 0) is 4.79 Å². The first-order valence-electron chi connectivity index (χ1n) is 8.89. The van der Waals surface area contributed by atoms with Crippen molar-refractivity contribution in [1.29, 1.82) is 0 Å². The van der Waals surface area contributed by atoms with Gasteiger partial charge < -0.3 is 10.2 Å². The van der Waals surface area contributed by atoms with E-state index in [9.17, 15) is 4.79 Å². The van der Waals surface area contributed by atoms with Crippen molar-refractivity contribution in [2.45, 2.75) is 72.3 Å². The van der Waals surface area contributed by atoms with E-state index in [1.165, 1.54) is 38.5 Å². The van der Waals surface area contributed by atoms with Crippen LogP contribution >= 0.6 is 0 Å². The zero-order chi connectivity index (χ0) is 15.5. The van der Waals surface area contributed by atoms with Gasteiger partial charge in [-0.05, 0) is 42.9 Å². The first-order chi connectivity index (χ1) is 9.88. The minimum atomic E-state index is 0.306. The molecule has 1 saturated carbocycles. The molecular weight excluding hydrogens is 260 g/mol. The molecule has 2 rings (SSSR count). The van der Waals surface area contributed by atoms with Crippen LogP contribution in [0.25, 0.3) is 0 Å². The van der Waals surface area contributed by atoms with Crippen LogP contribution in [0.2, 0.25) is 0 Å². The number of rotatable bonds is 3. The Morgan fingerprint density at radius 2 is 1.71 bits per heavy atom. The van der Waals surface area contributed by atoms with Gasteiger partial charge in [0, 0.05) is 19.1 Å². The Hall–Kier alpha value is -0.570. The lowest BCUT2D eigenvalue weighted by molar-refractivity contribution is -0.131. The van der Waals surface area contributed by atoms with Gasteiger partial charge in [0.25, 0.3) is 0 Å². The van der Waals surface area contributed by atoms with Crippen LogP contribution in [0.4, 0.5) is 0 Å². The molecule has 0 aromatic heterocycles. The summed E-state index contributed by atoms with van der Waals surface area (Å²) in [6, 6.07) is 0.520. The van der Waals surface area contributed by atoms with Gasteiger partial charge in [-0.2, -0.15) is 0 Å². The van der Waals surface area contributed by atoms with Crippen LogP contribution in [0.15, 0.2) is 0 Å². The van der Waals surface area contributed by atoms with Crippen molar-refractivity contribution in [3.05, 3.63) is 0 Å². The molecule has 1 amide bonds. The lowest BCUT2D eigenvalue weighted by atomic mass is 9.69. The second-order valence-corrected chi connectivity index (χ2v) is 8.31. The van der Waals surface area contributed by atoms with E-state index < -0.39 is 0 Å². The summed E-state index contributed by atoms with van der Waals surface area (Å²) in [5.41, 5.74) is 0.335. The van der Waals surface area contributed by atoms with Crippen molar-refractivity contribution in [1.82, 2.24) is 10.2 Å². The fourth-order valence-electron chi connectivity index (χ4n) is 4.00. The Kier molecular flexibility index (Phi) is 5.70. The predicted octanol–water partition coefficient (Wildman–Crippen LogP) is 3.44. The van der Waals surface area contributed by atoms with Crippen LogP contribution in [0.3, 0.4) is 0 Å². The maximum Gasteiger partial charge on any atom is 0.236 e. The summed E-state index contributed by atoms with van der Waals surface area (Å²) in [4.78, 5) is 14.4. The highest BCUT2D eigenvalue weighted by Gasteiger charge is 2.34. The molecule has 1 aliphatic carbocycles. The number of carbonyl (C=O) groups excluding carboxylic acids is 1. The highest BCUT2D eigenvalue weighted by Crippen LogP contribution is 2.37. The largest absolute Gasteiger partial charge is 0.342 e. The number of likely N-dealkylation sites (tertiary alicyclic amines) is 1. The van der Waals surface area contributed by atoms with E-state index in [2.05, 4.69) is 37.9 Å². The average molecular weight is 294 g/mol. The Bertz CT molecular complexity index is 340. The van der Waals surface area contributed by atoms with Crippen molar-refractivity contribution >= 4 is 5.91 Å². The molecule has 1 N–H and O–H groups in total. The summed E-state index contributed by atoms with van der Waals surface area (Å²) < 4.78 is 0. The van der Waals surface area contributed by atoms with Crippen molar-refractivity contribution < 1.29 is 4.79 Å². The molecule has 122 valence electrons. The van der Waals surface area contributed by atoms with E-state index in [0.29, 0.717) is 29.8 Å². The maximum atomic E-state index is 12.4. The lowest BCUT2D eigenvalue weighted by Crippen LogP contribution is -2.49. The number of carbonyl (C=O) groups is 1. The summed E-state index contributed by atoms with van der Waals surface area (Å²) in [5.74, 6) is 1.78. The third-order valence-corrected chi connectivity index (χ3v) is 5.53. The van der Waals surface area contributed by atoms with Crippen molar-refractivity contribution in [2.75, 3.05) is 19.6 Å². The van der Waals surface area contributed by atoms with Gasteiger partial charge in [-0.25, -0.2) is 0 Å². The van der Waals surface area contributed by atoms with Crippen molar-refractivity contribution in [3.63, 3.8) is 0 Å². The predicted molar refractivity (Wildman–Crippen MR) is 88.2 cm³/mol. The summed E-state index contributed by atoms with van der Waals surface area (Å²) in [7, 11) is 0. The number of piperidine rings is 1. The topological polar surface area (TPSA) is 32.3 Å². The molecule has 0 aromatic rings. The molecule has 2 fully saturated rings. The third-order valence-electron chi connectivity index (χ3n) is 5.53. The molecule has 2 unspecified atom stereocenters. The zero-order valence-corrected chi connectivity index (χ0v) is 14.5. The second-order valence-electron chi connectivity index (χ2n) is 8.31. The van der Waals surface area contributed by atoms with Crippen molar-refractivity contribution in [3.8, 4) is 0 Å². The SMILES string of the molecule is CC1CCN(C(=O)CNC2CCCCC2C(C)(C)C)CC1. The smallest absolute Gasteiger partial charge is 0.236 e. The monoisotopic (exact) mass is 294 g/mol. The van der Waals surface area contributed by atoms with Gasteiger partial charge in [0.1, 0.15) is 0 Å². The molecule has 1 heterocycles. The van der Waals surface area contributed by atoms with Crippen molar-refractivity contribution in [2.24, 2.45) is 17.3 Å². The van der Waals surface area contributed by atoms with E-state index in [1.54, 1.807) is 0 Å². The van der Waals surface area contributed by atoms with Gasteiger partial charge in [-0.15, -0.1) is 0 Å². The van der Waals surface area contributed by atoms with E-state index in [4.69, 9.17) is 0 Å². The maximum absolute atomic E-state index is 12.4. The molecule has 1 aliphatic heterocycles. The highest BCUT2D eigenvalue weighted by atomic mass is 16.2. The molecule has 0 radical (unpaired) electrons. The number of hydrogen-bond acceptors (Lipinski definition) is 2. The summed E-state index contributed by atoms with van der Waals surface area (Å²) >= 11 is 0. The molecule has 3 nitrogen and oxygen atoms in total. The first kappa shape index (κ1) is 16.8. The van der Waals surface area contributed by atoms with Crippen LogP contribution in [0.1, 0.15) is 66.2 Å². The fraction of sp³-hybridized carbons (Fsp3) is 0.944. The van der Waals surface area contributed by atoms with E-state index in [1.807, 2.05) is 0 Å². The summed E-state index contributed by atoms with van der Waals surface area (Å²) in [6.07, 6.45) is 7.51. The van der Waals surface area contributed by atoms with E-state index in [-0.39, 0.29) is 0 Å². The average Bonchev–Trinajstić information content (AvgIpc) is 2.45. The summed E-state index contributed by atoms with van der Waals surface area (Å²) in [5, 5.41) is 3.60.